The van der Waals surface area contributed by atoms with Crippen molar-refractivity contribution in [2.45, 2.75) is 12.5 Å². The van der Waals surface area contributed by atoms with Crippen molar-refractivity contribution in [2.24, 2.45) is 11.1 Å². The molecule has 0 saturated carbocycles. The molecule has 1 saturated heterocycles. The largest absolute Gasteiger partial charge is 0.372 e. The number of rotatable bonds is 4. The lowest BCUT2D eigenvalue weighted by atomic mass is 9.93. The summed E-state index contributed by atoms with van der Waals surface area (Å²) in [4.78, 5) is 9.66. The van der Waals surface area contributed by atoms with Crippen molar-refractivity contribution in [1.82, 2.24) is 15.6 Å². The van der Waals surface area contributed by atoms with Gasteiger partial charge in [-0.15, -0.1) is 11.3 Å². The van der Waals surface area contributed by atoms with Crippen LogP contribution in [0.1, 0.15) is 22.4 Å². The molecule has 0 radical (unpaired) electrons. The van der Waals surface area contributed by atoms with Crippen molar-refractivity contribution in [1.29, 1.82) is 0 Å². The topological polar surface area (TPSA) is 67.8 Å². The van der Waals surface area contributed by atoms with Crippen LogP contribution < -0.4 is 10.6 Å². The molecule has 1 aromatic carbocycles. The van der Waals surface area contributed by atoms with E-state index in [-0.39, 0.29) is 12.0 Å². The van der Waals surface area contributed by atoms with E-state index >= 15 is 0 Å². The van der Waals surface area contributed by atoms with Crippen LogP contribution in [-0.4, -0.2) is 37.2 Å². The third kappa shape index (κ3) is 3.97. The average molecular weight is 413 g/mol. The van der Waals surface area contributed by atoms with Crippen LogP contribution in [0.5, 0.6) is 0 Å². The standard InChI is InChI=1S/C17H18Cl2N4O2S/c18-12-2-1-10(5-13(12)19)16-11(7-20-3-4-24-16)6-15-22-14(8-26-15)17-21-9-25-23-17/h1-2,5,8,11,16,20H,3-4,6-7,9H2,(H,21,23)/t11-,16+/m1/s1. The summed E-state index contributed by atoms with van der Waals surface area (Å²) in [5.41, 5.74) is 1.86. The Morgan fingerprint density at radius 2 is 2.19 bits per heavy atom. The molecular weight excluding hydrogens is 395 g/mol. The van der Waals surface area contributed by atoms with Crippen LogP contribution in [0.25, 0.3) is 0 Å². The highest BCUT2D eigenvalue weighted by molar-refractivity contribution is 7.09. The van der Waals surface area contributed by atoms with Gasteiger partial charge in [-0.2, -0.15) is 0 Å². The Morgan fingerprint density at radius 3 is 3.00 bits per heavy atom. The van der Waals surface area contributed by atoms with Crippen LogP contribution in [0.15, 0.2) is 28.7 Å². The molecule has 3 heterocycles. The monoisotopic (exact) mass is 412 g/mol. The van der Waals surface area contributed by atoms with E-state index in [2.05, 4.69) is 15.8 Å². The van der Waals surface area contributed by atoms with Crippen molar-refractivity contribution in [3.05, 3.63) is 49.9 Å². The fourth-order valence-electron chi connectivity index (χ4n) is 3.13. The van der Waals surface area contributed by atoms with Gasteiger partial charge >= 0.3 is 0 Å². The third-order valence-electron chi connectivity index (χ3n) is 4.37. The van der Waals surface area contributed by atoms with Gasteiger partial charge in [0.15, 0.2) is 12.6 Å². The van der Waals surface area contributed by atoms with Gasteiger partial charge < -0.3 is 20.2 Å². The molecule has 1 fully saturated rings. The molecule has 26 heavy (non-hydrogen) atoms. The zero-order valence-electron chi connectivity index (χ0n) is 13.9. The number of hydrogen-bond acceptors (Lipinski definition) is 7. The summed E-state index contributed by atoms with van der Waals surface area (Å²) in [6.45, 7) is 2.72. The van der Waals surface area contributed by atoms with Gasteiger partial charge in [-0.3, -0.25) is 0 Å². The van der Waals surface area contributed by atoms with Gasteiger partial charge in [0.2, 0.25) is 0 Å². The van der Waals surface area contributed by atoms with Gasteiger partial charge in [0.05, 0.1) is 27.8 Å². The van der Waals surface area contributed by atoms with E-state index in [0.29, 0.717) is 29.2 Å². The summed E-state index contributed by atoms with van der Waals surface area (Å²) in [6.07, 6.45) is 0.744. The maximum absolute atomic E-state index is 6.21. The predicted octanol–water partition coefficient (Wildman–Crippen LogP) is 3.21. The maximum Gasteiger partial charge on any atom is 0.195 e. The third-order valence-corrected chi connectivity index (χ3v) is 5.98. The Labute approximate surface area is 165 Å². The van der Waals surface area contributed by atoms with Crippen LogP contribution in [0, 0.1) is 5.92 Å². The summed E-state index contributed by atoms with van der Waals surface area (Å²) in [5.74, 6) is 0.923. The summed E-state index contributed by atoms with van der Waals surface area (Å²) >= 11 is 13.9. The molecule has 2 atom stereocenters. The van der Waals surface area contributed by atoms with Crippen molar-refractivity contribution >= 4 is 40.4 Å². The van der Waals surface area contributed by atoms with Gasteiger partial charge in [0.1, 0.15) is 5.69 Å². The lowest BCUT2D eigenvalue weighted by molar-refractivity contribution is 0.0307. The molecule has 2 aliphatic heterocycles. The fraction of sp³-hybridized carbons (Fsp3) is 0.412. The van der Waals surface area contributed by atoms with E-state index in [9.17, 15) is 0 Å². The second-order valence-electron chi connectivity index (χ2n) is 6.15. The Bertz CT molecular complexity index is 814. The van der Waals surface area contributed by atoms with Crippen molar-refractivity contribution in [2.75, 3.05) is 26.4 Å². The van der Waals surface area contributed by atoms with E-state index < -0.39 is 0 Å². The Morgan fingerprint density at radius 1 is 1.27 bits per heavy atom. The predicted molar refractivity (Wildman–Crippen MR) is 103 cm³/mol. The Hall–Kier alpha value is -1.38. The molecule has 4 rings (SSSR count). The molecule has 2 aliphatic rings. The van der Waals surface area contributed by atoms with Crippen LogP contribution in [0.4, 0.5) is 0 Å². The van der Waals surface area contributed by atoms with Gasteiger partial charge in [0, 0.05) is 30.8 Å². The van der Waals surface area contributed by atoms with Gasteiger partial charge in [-0.1, -0.05) is 34.4 Å². The molecule has 2 N–H and O–H groups in total. The highest BCUT2D eigenvalue weighted by Gasteiger charge is 2.28. The number of ether oxygens (including phenoxy) is 1. The first kappa shape index (κ1) is 18.0. The Balaban J connectivity index is 1.54. The zero-order valence-corrected chi connectivity index (χ0v) is 16.2. The molecule has 0 spiro atoms. The average Bonchev–Trinajstić information content (AvgIpc) is 3.27. The van der Waals surface area contributed by atoms with E-state index in [1.807, 2.05) is 23.6 Å². The van der Waals surface area contributed by atoms with Crippen LogP contribution >= 0.6 is 34.5 Å². The number of amidine groups is 1. The minimum atomic E-state index is -0.0580. The first-order chi connectivity index (χ1) is 12.7. The highest BCUT2D eigenvalue weighted by atomic mass is 35.5. The second kappa shape index (κ2) is 8.10. The maximum atomic E-state index is 6.21. The van der Waals surface area contributed by atoms with Crippen LogP contribution in [0.2, 0.25) is 10.0 Å². The summed E-state index contributed by atoms with van der Waals surface area (Å²) in [7, 11) is 0. The van der Waals surface area contributed by atoms with E-state index in [4.69, 9.17) is 37.8 Å². The summed E-state index contributed by atoms with van der Waals surface area (Å²) in [5, 5.41) is 14.6. The van der Waals surface area contributed by atoms with Crippen molar-refractivity contribution < 1.29 is 9.57 Å². The van der Waals surface area contributed by atoms with E-state index in [1.54, 1.807) is 11.3 Å². The number of hydrogen-bond donors (Lipinski definition) is 2. The van der Waals surface area contributed by atoms with Gasteiger partial charge in [-0.25, -0.2) is 4.98 Å². The minimum absolute atomic E-state index is 0.0580. The summed E-state index contributed by atoms with van der Waals surface area (Å²) < 4.78 is 6.13. The molecule has 1 aromatic heterocycles. The smallest absolute Gasteiger partial charge is 0.195 e. The number of aromatic nitrogens is 1. The number of oxime groups is 1. The van der Waals surface area contributed by atoms with Crippen molar-refractivity contribution in [3.63, 3.8) is 0 Å². The number of nitrogens with zero attached hydrogens (tertiary/aromatic N) is 2. The normalized spacial score (nSPS) is 23.1. The second-order valence-corrected chi connectivity index (χ2v) is 7.91. The van der Waals surface area contributed by atoms with Gasteiger partial charge in [-0.05, 0) is 17.7 Å². The number of nitrogens with one attached hydrogen (secondary N) is 2. The fourth-order valence-corrected chi connectivity index (χ4v) is 4.31. The molecule has 138 valence electrons. The minimum Gasteiger partial charge on any atom is -0.372 e. The SMILES string of the molecule is Clc1ccc([C@@H]2OCCNC[C@H]2Cc2nc(C3=NOCN3)cs2)cc1Cl. The Kier molecular flexibility index (Phi) is 5.61. The molecule has 0 aliphatic carbocycles. The van der Waals surface area contributed by atoms with Crippen LogP contribution in [0.3, 0.4) is 0 Å². The van der Waals surface area contributed by atoms with Gasteiger partial charge in [0.25, 0.3) is 0 Å². The van der Waals surface area contributed by atoms with E-state index in [0.717, 1.165) is 35.8 Å². The van der Waals surface area contributed by atoms with E-state index in [1.165, 1.54) is 0 Å². The molecule has 0 amide bonds. The van der Waals surface area contributed by atoms with Crippen LogP contribution in [-0.2, 0) is 16.0 Å². The quantitative estimate of drug-likeness (QED) is 0.806. The molecule has 9 heteroatoms. The number of halogens is 2. The number of thiazole rings is 1. The summed E-state index contributed by atoms with van der Waals surface area (Å²) in [6, 6.07) is 5.71. The lowest BCUT2D eigenvalue weighted by Gasteiger charge is -2.24. The zero-order chi connectivity index (χ0) is 17.9. The van der Waals surface area contributed by atoms with Crippen molar-refractivity contribution in [3.8, 4) is 0 Å². The first-order valence-electron chi connectivity index (χ1n) is 8.36. The molecule has 2 aromatic rings. The molecule has 0 bridgehead atoms. The molecule has 0 unspecified atom stereocenters. The lowest BCUT2D eigenvalue weighted by Crippen LogP contribution is -2.26. The molecule has 6 nitrogen and oxygen atoms in total. The number of benzene rings is 1. The first-order valence-corrected chi connectivity index (χ1v) is 10.00. The highest BCUT2D eigenvalue weighted by Crippen LogP contribution is 2.34. The molecular formula is C17H18Cl2N4O2S.